The van der Waals surface area contributed by atoms with Crippen LogP contribution in [0.4, 0.5) is 8.78 Å². The number of rotatable bonds is 18. The van der Waals surface area contributed by atoms with E-state index < -0.39 is 11.6 Å². The summed E-state index contributed by atoms with van der Waals surface area (Å²) in [4.78, 5) is 8.97. The zero-order valence-corrected chi connectivity index (χ0v) is 23.6. The number of unbranched alkanes of at least 4 members (excludes halogenated alkanes) is 5. The van der Waals surface area contributed by atoms with Crippen molar-refractivity contribution < 1.29 is 27.7 Å². The molecule has 0 amide bonds. The minimum atomic E-state index is -0.913. The first-order valence-electron chi connectivity index (χ1n) is 14.9. The average Bonchev–Trinajstić information content (AvgIpc) is 3.72. The number of hydrogen-bond donors (Lipinski definition) is 0. The maximum absolute atomic E-state index is 15.0. The largest absolute Gasteiger partial charge is 0.490 e. The van der Waals surface area contributed by atoms with Gasteiger partial charge in [0.05, 0.1) is 25.1 Å². The van der Waals surface area contributed by atoms with Gasteiger partial charge in [-0.2, -0.15) is 4.39 Å². The molecule has 0 bridgehead atoms. The van der Waals surface area contributed by atoms with Crippen LogP contribution < -0.4 is 9.47 Å². The van der Waals surface area contributed by atoms with Crippen LogP contribution in [0.3, 0.4) is 0 Å². The van der Waals surface area contributed by atoms with E-state index in [0.717, 1.165) is 50.7 Å². The number of ether oxygens (including phenoxy) is 4. The Hall–Kier alpha value is -2.32. The Bertz CT molecular complexity index is 1020. The van der Waals surface area contributed by atoms with E-state index in [2.05, 4.69) is 23.8 Å². The van der Waals surface area contributed by atoms with Gasteiger partial charge in [0.2, 0.25) is 5.82 Å². The number of hydrogen-bond acceptors (Lipinski definition) is 6. The molecule has 6 nitrogen and oxygen atoms in total. The molecule has 1 aromatic heterocycles. The van der Waals surface area contributed by atoms with E-state index in [0.29, 0.717) is 55.9 Å². The lowest BCUT2D eigenvalue weighted by atomic mass is 9.83. The maximum atomic E-state index is 15.0. The summed E-state index contributed by atoms with van der Waals surface area (Å²) in [5.41, 5.74) is 1.21. The van der Waals surface area contributed by atoms with Crippen molar-refractivity contribution in [3.63, 3.8) is 0 Å². The van der Waals surface area contributed by atoms with Crippen molar-refractivity contribution in [2.45, 2.75) is 109 Å². The van der Waals surface area contributed by atoms with Gasteiger partial charge in [-0.15, -0.1) is 0 Å². The molecule has 1 aliphatic heterocycles. The number of halogens is 2. The molecule has 0 saturated carbocycles. The van der Waals surface area contributed by atoms with Crippen LogP contribution in [0.5, 0.6) is 11.5 Å². The third-order valence-electron chi connectivity index (χ3n) is 7.62. The highest BCUT2D eigenvalue weighted by Crippen LogP contribution is 2.37. The van der Waals surface area contributed by atoms with Gasteiger partial charge in [0.15, 0.2) is 17.3 Å². The fraction of sp³-hybridized carbons (Fsp3) is 0.677. The molecule has 2 aromatic rings. The summed E-state index contributed by atoms with van der Waals surface area (Å²) < 4.78 is 52.5. The monoisotopic (exact) mass is 546 g/mol. The van der Waals surface area contributed by atoms with Crippen LogP contribution in [-0.2, 0) is 22.3 Å². The summed E-state index contributed by atoms with van der Waals surface area (Å²) in [5.74, 6) is -0.572. The second-order valence-corrected chi connectivity index (χ2v) is 10.8. The van der Waals surface area contributed by atoms with Crippen molar-refractivity contribution in [1.82, 2.24) is 9.97 Å². The molecule has 8 heteroatoms. The van der Waals surface area contributed by atoms with Crippen LogP contribution in [0.1, 0.15) is 101 Å². The molecule has 0 spiro atoms. The molecular formula is C31H44F2N2O4. The summed E-state index contributed by atoms with van der Waals surface area (Å²) in [6, 6.07) is 1.66. The molecule has 3 atom stereocenters. The van der Waals surface area contributed by atoms with Gasteiger partial charge in [0.25, 0.3) is 0 Å². The summed E-state index contributed by atoms with van der Waals surface area (Å²) >= 11 is 0. The van der Waals surface area contributed by atoms with E-state index in [1.807, 2.05) is 0 Å². The third-order valence-corrected chi connectivity index (χ3v) is 7.62. The first-order chi connectivity index (χ1) is 19.1. The van der Waals surface area contributed by atoms with E-state index in [-0.39, 0.29) is 17.8 Å². The van der Waals surface area contributed by atoms with E-state index in [9.17, 15) is 4.39 Å². The minimum Gasteiger partial charge on any atom is -0.490 e. The molecule has 1 aliphatic carbocycles. The first kappa shape index (κ1) is 29.7. The number of epoxide rings is 1. The standard InChI is InChI=1S/C31H44F2N2O4/c1-3-5-7-8-11-26-28(39-26)21-38-24-19-34-31(35-20-24)23-13-12-22-18-27(30(33)29(32)25(22)17-23)37-16-10-9-15-36-14-6-4-2/h18-20,23,26,28H,3-17,21H2,1-2H3. The second kappa shape index (κ2) is 15.5. The highest BCUT2D eigenvalue weighted by atomic mass is 19.2. The third kappa shape index (κ3) is 8.84. The molecule has 3 unspecified atom stereocenters. The van der Waals surface area contributed by atoms with Gasteiger partial charge in [0, 0.05) is 19.1 Å². The first-order valence-corrected chi connectivity index (χ1v) is 14.9. The lowest BCUT2D eigenvalue weighted by Gasteiger charge is -2.25. The Morgan fingerprint density at radius 1 is 0.872 bits per heavy atom. The number of aromatic nitrogens is 2. The molecular weight excluding hydrogens is 502 g/mol. The quantitative estimate of drug-likeness (QED) is 0.147. The molecule has 1 saturated heterocycles. The van der Waals surface area contributed by atoms with Crippen molar-refractivity contribution in [2.75, 3.05) is 26.4 Å². The highest BCUT2D eigenvalue weighted by molar-refractivity contribution is 5.41. The molecule has 1 fully saturated rings. The molecule has 2 heterocycles. The summed E-state index contributed by atoms with van der Waals surface area (Å²) in [6.07, 6.45) is 15.3. The van der Waals surface area contributed by atoms with Gasteiger partial charge in [0.1, 0.15) is 18.5 Å². The number of benzene rings is 1. The Balaban J connectivity index is 1.22. The normalized spacial score (nSPS) is 20.1. The van der Waals surface area contributed by atoms with Gasteiger partial charge in [-0.05, 0) is 62.1 Å². The van der Waals surface area contributed by atoms with Crippen molar-refractivity contribution in [3.8, 4) is 11.5 Å². The van der Waals surface area contributed by atoms with E-state index >= 15 is 4.39 Å². The van der Waals surface area contributed by atoms with Crippen LogP contribution in [0.25, 0.3) is 0 Å². The fourth-order valence-electron chi connectivity index (χ4n) is 5.12. The predicted molar refractivity (Wildman–Crippen MR) is 147 cm³/mol. The topological polar surface area (TPSA) is 66.0 Å². The predicted octanol–water partition coefficient (Wildman–Crippen LogP) is 7.12. The van der Waals surface area contributed by atoms with E-state index in [1.165, 1.54) is 25.7 Å². The van der Waals surface area contributed by atoms with Gasteiger partial charge >= 0.3 is 0 Å². The zero-order valence-electron chi connectivity index (χ0n) is 23.6. The summed E-state index contributed by atoms with van der Waals surface area (Å²) in [6.45, 7) is 6.60. The molecule has 1 aromatic carbocycles. The second-order valence-electron chi connectivity index (χ2n) is 10.8. The Kier molecular flexibility index (Phi) is 11.8. The maximum Gasteiger partial charge on any atom is 0.200 e. The lowest BCUT2D eigenvalue weighted by molar-refractivity contribution is 0.123. The SMILES string of the molecule is CCCCCCC1OC1COc1cnc(C2CCc3cc(OCCCCOCCCC)c(F)c(F)c3C2)nc1. The van der Waals surface area contributed by atoms with Crippen LogP contribution in [0.15, 0.2) is 18.5 Å². The summed E-state index contributed by atoms with van der Waals surface area (Å²) in [5, 5.41) is 0. The van der Waals surface area contributed by atoms with Crippen molar-refractivity contribution in [1.29, 1.82) is 0 Å². The summed E-state index contributed by atoms with van der Waals surface area (Å²) in [7, 11) is 0. The molecule has 4 rings (SSSR count). The Labute approximate surface area is 231 Å². The van der Waals surface area contributed by atoms with Crippen molar-refractivity contribution >= 4 is 0 Å². The van der Waals surface area contributed by atoms with Crippen LogP contribution in [0, 0.1) is 11.6 Å². The Morgan fingerprint density at radius 3 is 2.44 bits per heavy atom. The number of aryl methyl sites for hydroxylation is 1. The van der Waals surface area contributed by atoms with Crippen LogP contribution in [-0.4, -0.2) is 48.6 Å². The van der Waals surface area contributed by atoms with Crippen molar-refractivity contribution in [3.05, 3.63) is 47.0 Å². The average molecular weight is 547 g/mol. The van der Waals surface area contributed by atoms with Gasteiger partial charge in [-0.1, -0.05) is 46.0 Å². The smallest absolute Gasteiger partial charge is 0.200 e. The van der Waals surface area contributed by atoms with Gasteiger partial charge < -0.3 is 18.9 Å². The van der Waals surface area contributed by atoms with E-state index in [1.54, 1.807) is 18.5 Å². The highest BCUT2D eigenvalue weighted by Gasteiger charge is 2.38. The molecule has 0 radical (unpaired) electrons. The van der Waals surface area contributed by atoms with E-state index in [4.69, 9.17) is 18.9 Å². The fourth-order valence-corrected chi connectivity index (χ4v) is 5.12. The molecule has 216 valence electrons. The van der Waals surface area contributed by atoms with Gasteiger partial charge in [-0.25, -0.2) is 14.4 Å². The molecule has 39 heavy (non-hydrogen) atoms. The van der Waals surface area contributed by atoms with Crippen LogP contribution >= 0.6 is 0 Å². The van der Waals surface area contributed by atoms with Crippen molar-refractivity contribution in [2.24, 2.45) is 0 Å². The molecule has 0 N–H and O–H groups in total. The number of nitrogens with zero attached hydrogens (tertiary/aromatic N) is 2. The Morgan fingerprint density at radius 2 is 1.64 bits per heavy atom. The zero-order chi connectivity index (χ0) is 27.5. The number of fused-ring (bicyclic) bond motifs is 1. The molecule has 2 aliphatic rings. The minimum absolute atomic E-state index is 0.00260. The van der Waals surface area contributed by atoms with Gasteiger partial charge in [-0.3, -0.25) is 0 Å². The lowest BCUT2D eigenvalue weighted by Crippen LogP contribution is -2.18. The van der Waals surface area contributed by atoms with Crippen LogP contribution in [0.2, 0.25) is 0 Å².